The van der Waals surface area contributed by atoms with Gasteiger partial charge in [-0.05, 0) is 48.7 Å². The average molecular weight is 317 g/mol. The zero-order chi connectivity index (χ0) is 15.7. The van der Waals surface area contributed by atoms with Crippen molar-refractivity contribution in [3.63, 3.8) is 0 Å². The van der Waals surface area contributed by atoms with Crippen molar-refractivity contribution >= 4 is 22.4 Å². The minimum absolute atomic E-state index is 0.0989. The lowest BCUT2D eigenvalue weighted by Gasteiger charge is -2.16. The van der Waals surface area contributed by atoms with Crippen LogP contribution in [0.1, 0.15) is 18.4 Å². The number of benzene rings is 2. The molecule has 114 valence electrons. The lowest BCUT2D eigenvalue weighted by molar-refractivity contribution is -0.118. The SMILES string of the molecule is CS(=O)c1cccc(NC(=O)C2(c3ccc(F)cc3)CC2)c1. The van der Waals surface area contributed by atoms with Gasteiger partial charge in [0, 0.05) is 27.6 Å². The van der Waals surface area contributed by atoms with E-state index in [1.54, 1.807) is 42.7 Å². The molecule has 1 amide bonds. The molecule has 1 N–H and O–H groups in total. The van der Waals surface area contributed by atoms with Crippen molar-refractivity contribution in [2.75, 3.05) is 11.6 Å². The van der Waals surface area contributed by atoms with Crippen LogP contribution in [0.4, 0.5) is 10.1 Å². The lowest BCUT2D eigenvalue weighted by Crippen LogP contribution is -2.27. The Morgan fingerprint density at radius 2 is 1.86 bits per heavy atom. The molecule has 0 heterocycles. The zero-order valence-corrected chi connectivity index (χ0v) is 13.0. The number of amides is 1. The molecule has 3 rings (SSSR count). The molecule has 1 aliphatic rings. The van der Waals surface area contributed by atoms with Crippen LogP contribution in [-0.4, -0.2) is 16.4 Å². The quantitative estimate of drug-likeness (QED) is 0.941. The monoisotopic (exact) mass is 317 g/mol. The summed E-state index contributed by atoms with van der Waals surface area (Å²) in [6, 6.07) is 13.1. The van der Waals surface area contributed by atoms with Gasteiger partial charge in [-0.3, -0.25) is 9.00 Å². The van der Waals surface area contributed by atoms with Crippen LogP contribution in [0.3, 0.4) is 0 Å². The van der Waals surface area contributed by atoms with Crippen LogP contribution >= 0.6 is 0 Å². The van der Waals surface area contributed by atoms with Crippen molar-refractivity contribution in [1.82, 2.24) is 0 Å². The maximum absolute atomic E-state index is 13.0. The van der Waals surface area contributed by atoms with Gasteiger partial charge < -0.3 is 5.32 Å². The molecule has 5 heteroatoms. The fourth-order valence-electron chi connectivity index (χ4n) is 2.54. The van der Waals surface area contributed by atoms with Gasteiger partial charge in [0.15, 0.2) is 0 Å². The molecule has 1 saturated carbocycles. The first kappa shape index (κ1) is 14.9. The Morgan fingerprint density at radius 3 is 2.45 bits per heavy atom. The summed E-state index contributed by atoms with van der Waals surface area (Å²) in [6.45, 7) is 0. The van der Waals surface area contributed by atoms with E-state index in [0.29, 0.717) is 10.6 Å². The Balaban J connectivity index is 1.81. The second-order valence-corrected chi connectivity index (χ2v) is 6.90. The first-order valence-electron chi connectivity index (χ1n) is 7.02. The Bertz CT molecular complexity index is 739. The third kappa shape index (κ3) is 2.81. The molecular weight excluding hydrogens is 301 g/mol. The minimum Gasteiger partial charge on any atom is -0.325 e. The fourth-order valence-corrected chi connectivity index (χ4v) is 3.11. The molecule has 22 heavy (non-hydrogen) atoms. The molecule has 2 aromatic rings. The Morgan fingerprint density at radius 1 is 1.18 bits per heavy atom. The lowest BCUT2D eigenvalue weighted by atomic mass is 9.95. The summed E-state index contributed by atoms with van der Waals surface area (Å²) >= 11 is 0. The minimum atomic E-state index is -1.09. The molecular formula is C17H16FNO2S. The van der Waals surface area contributed by atoms with E-state index in [1.165, 1.54) is 12.1 Å². The number of carbonyl (C=O) groups is 1. The van der Waals surface area contributed by atoms with E-state index in [0.717, 1.165) is 18.4 Å². The third-order valence-electron chi connectivity index (χ3n) is 4.01. The second kappa shape index (κ2) is 5.65. The van der Waals surface area contributed by atoms with E-state index in [4.69, 9.17) is 0 Å². The van der Waals surface area contributed by atoms with Crippen LogP contribution in [0.2, 0.25) is 0 Å². The van der Waals surface area contributed by atoms with Crippen molar-refractivity contribution < 1.29 is 13.4 Å². The third-order valence-corrected chi connectivity index (χ3v) is 4.92. The van der Waals surface area contributed by atoms with Gasteiger partial charge in [0.05, 0.1) is 5.41 Å². The number of hydrogen-bond donors (Lipinski definition) is 1. The number of hydrogen-bond acceptors (Lipinski definition) is 2. The van der Waals surface area contributed by atoms with Gasteiger partial charge >= 0.3 is 0 Å². The number of nitrogens with one attached hydrogen (secondary N) is 1. The van der Waals surface area contributed by atoms with Gasteiger partial charge in [0.2, 0.25) is 5.91 Å². The van der Waals surface area contributed by atoms with E-state index in [1.807, 2.05) is 0 Å². The highest BCUT2D eigenvalue weighted by molar-refractivity contribution is 7.84. The summed E-state index contributed by atoms with van der Waals surface area (Å²) in [4.78, 5) is 13.3. The number of halogens is 1. The molecule has 0 radical (unpaired) electrons. The van der Waals surface area contributed by atoms with Gasteiger partial charge in [-0.15, -0.1) is 0 Å². The standard InChI is InChI=1S/C17H16FNO2S/c1-22(21)15-4-2-3-14(11-15)19-16(20)17(9-10-17)12-5-7-13(18)8-6-12/h2-8,11H,9-10H2,1H3,(H,19,20). The van der Waals surface area contributed by atoms with Crippen LogP contribution in [0, 0.1) is 5.82 Å². The zero-order valence-electron chi connectivity index (χ0n) is 12.1. The predicted octanol–water partition coefficient (Wildman–Crippen LogP) is 3.23. The normalized spacial score (nSPS) is 16.8. The molecule has 1 unspecified atom stereocenters. The van der Waals surface area contributed by atoms with Crippen LogP contribution in [-0.2, 0) is 21.0 Å². The molecule has 0 aliphatic heterocycles. The summed E-state index contributed by atoms with van der Waals surface area (Å²) in [6.07, 6.45) is 3.11. The number of anilines is 1. The summed E-state index contributed by atoms with van der Waals surface area (Å²) in [7, 11) is -1.09. The highest BCUT2D eigenvalue weighted by Crippen LogP contribution is 2.49. The Kier molecular flexibility index (Phi) is 3.83. The largest absolute Gasteiger partial charge is 0.325 e. The summed E-state index contributed by atoms with van der Waals surface area (Å²) < 4.78 is 24.5. The number of carbonyl (C=O) groups excluding carboxylic acids is 1. The van der Waals surface area contributed by atoms with Crippen LogP contribution in [0.5, 0.6) is 0 Å². The average Bonchev–Trinajstić information content (AvgIpc) is 3.30. The van der Waals surface area contributed by atoms with Crippen LogP contribution in [0.15, 0.2) is 53.4 Å². The van der Waals surface area contributed by atoms with Crippen molar-refractivity contribution in [2.24, 2.45) is 0 Å². The molecule has 1 atom stereocenters. The fraction of sp³-hybridized carbons (Fsp3) is 0.235. The number of rotatable bonds is 4. The molecule has 0 saturated heterocycles. The van der Waals surface area contributed by atoms with Crippen LogP contribution in [0.25, 0.3) is 0 Å². The first-order valence-corrected chi connectivity index (χ1v) is 8.58. The highest BCUT2D eigenvalue weighted by atomic mass is 32.2. The van der Waals surface area contributed by atoms with Crippen molar-refractivity contribution in [3.05, 3.63) is 59.9 Å². The molecule has 0 aromatic heterocycles. The van der Waals surface area contributed by atoms with E-state index >= 15 is 0 Å². The molecule has 0 bridgehead atoms. The summed E-state index contributed by atoms with van der Waals surface area (Å²) in [5, 5.41) is 2.89. The molecule has 2 aromatic carbocycles. The van der Waals surface area contributed by atoms with Gasteiger partial charge in [-0.2, -0.15) is 0 Å². The molecule has 1 fully saturated rings. The molecule has 1 aliphatic carbocycles. The van der Waals surface area contributed by atoms with Gasteiger partial charge in [-0.25, -0.2) is 4.39 Å². The van der Waals surface area contributed by atoms with E-state index in [9.17, 15) is 13.4 Å². The molecule has 0 spiro atoms. The van der Waals surface area contributed by atoms with Gasteiger partial charge in [0.1, 0.15) is 5.82 Å². The summed E-state index contributed by atoms with van der Waals surface area (Å²) in [5.41, 5.74) is 0.905. The first-order chi connectivity index (χ1) is 10.5. The Hall–Kier alpha value is -2.01. The maximum Gasteiger partial charge on any atom is 0.235 e. The van der Waals surface area contributed by atoms with Crippen molar-refractivity contribution in [1.29, 1.82) is 0 Å². The van der Waals surface area contributed by atoms with Crippen molar-refractivity contribution in [3.8, 4) is 0 Å². The van der Waals surface area contributed by atoms with E-state index < -0.39 is 16.2 Å². The second-order valence-electron chi connectivity index (χ2n) is 5.53. The molecule has 3 nitrogen and oxygen atoms in total. The highest BCUT2D eigenvalue weighted by Gasteiger charge is 2.51. The predicted molar refractivity (Wildman–Crippen MR) is 84.7 cm³/mol. The van der Waals surface area contributed by atoms with E-state index in [2.05, 4.69) is 5.32 Å². The van der Waals surface area contributed by atoms with Gasteiger partial charge in [0.25, 0.3) is 0 Å². The van der Waals surface area contributed by atoms with Crippen molar-refractivity contribution in [2.45, 2.75) is 23.2 Å². The topological polar surface area (TPSA) is 46.2 Å². The Labute approximate surface area is 131 Å². The van der Waals surface area contributed by atoms with E-state index in [-0.39, 0.29) is 11.7 Å². The van der Waals surface area contributed by atoms with Gasteiger partial charge in [-0.1, -0.05) is 18.2 Å². The smallest absolute Gasteiger partial charge is 0.235 e. The maximum atomic E-state index is 13.0. The summed E-state index contributed by atoms with van der Waals surface area (Å²) in [5.74, 6) is -0.406. The van der Waals surface area contributed by atoms with Crippen LogP contribution < -0.4 is 5.32 Å².